The third kappa shape index (κ3) is 4.34. The van der Waals surface area contributed by atoms with Crippen molar-refractivity contribution in [3.05, 3.63) is 34.1 Å². The molecule has 0 radical (unpaired) electrons. The molecule has 2 unspecified atom stereocenters. The Labute approximate surface area is 243 Å². The molecule has 0 spiro atoms. The number of hydrogen-bond acceptors (Lipinski definition) is 11. The number of nitrogens with zero attached hydrogens (tertiary/aromatic N) is 3. The van der Waals surface area contributed by atoms with Crippen LogP contribution in [0.4, 0.5) is 11.4 Å². The number of ketones is 2. The minimum Gasteiger partial charge on any atom is -0.508 e. The molecule has 42 heavy (non-hydrogen) atoms. The van der Waals surface area contributed by atoms with E-state index in [1.54, 1.807) is 39.2 Å². The lowest BCUT2D eigenvalue weighted by atomic mass is 9.57. The average molecular weight is 583 g/mol. The van der Waals surface area contributed by atoms with Crippen LogP contribution < -0.4 is 21.7 Å². The summed E-state index contributed by atoms with van der Waals surface area (Å²) in [5.74, 6) is -6.81. The topological polar surface area (TPSA) is 215 Å². The number of likely N-dealkylation sites (N-methyl/N-ethyl adjacent to an activating group) is 1. The van der Waals surface area contributed by atoms with Crippen molar-refractivity contribution in [1.82, 2.24) is 10.2 Å². The molecule has 4 aliphatic carbocycles. The number of benzene rings is 1. The first-order valence-corrected chi connectivity index (χ1v) is 14.0. The van der Waals surface area contributed by atoms with Crippen molar-refractivity contribution < 1.29 is 34.8 Å². The van der Waals surface area contributed by atoms with Gasteiger partial charge >= 0.3 is 0 Å². The number of carbonyl (C=O) groups is 3. The van der Waals surface area contributed by atoms with E-state index in [0.29, 0.717) is 23.8 Å². The Morgan fingerprint density at radius 2 is 1.81 bits per heavy atom. The Morgan fingerprint density at radius 1 is 1.14 bits per heavy atom. The molecule has 0 aromatic heterocycles. The number of anilines is 1. The SMILES string of the molecule is CN(C)c1cc(N=C(N)CNC2CCC2)c(O)c2c1CC1CC3[C@H](N(C)C)C(=O)C(C(N)=O)=C(O)[C@@]3(O)C(=O)C1=C2O. The Kier molecular flexibility index (Phi) is 7.32. The molecule has 226 valence electrons. The fourth-order valence-corrected chi connectivity index (χ4v) is 6.82. The van der Waals surface area contributed by atoms with Gasteiger partial charge in [-0.25, -0.2) is 4.99 Å². The maximum Gasteiger partial charge on any atom is 0.255 e. The highest BCUT2D eigenvalue weighted by Crippen LogP contribution is 2.54. The summed E-state index contributed by atoms with van der Waals surface area (Å²) in [6.07, 6.45) is 3.46. The summed E-state index contributed by atoms with van der Waals surface area (Å²) < 4.78 is 0. The van der Waals surface area contributed by atoms with E-state index >= 15 is 0 Å². The minimum absolute atomic E-state index is 0.0130. The Hall–Kier alpha value is -3.94. The number of fused-ring (bicyclic) bond motifs is 3. The number of aliphatic hydroxyl groups excluding tert-OH is 2. The van der Waals surface area contributed by atoms with Gasteiger partial charge in [0, 0.05) is 37.3 Å². The number of carbonyl (C=O) groups excluding carboxylic acids is 3. The molecule has 13 nitrogen and oxygen atoms in total. The van der Waals surface area contributed by atoms with Gasteiger partial charge in [0.1, 0.15) is 28.6 Å². The number of aliphatic imine (C=N–C) groups is 1. The van der Waals surface area contributed by atoms with E-state index < -0.39 is 63.8 Å². The fraction of sp³-hybridized carbons (Fsp3) is 0.517. The molecular formula is C29H38N6O7. The van der Waals surface area contributed by atoms with Crippen LogP contribution in [0.5, 0.6) is 5.75 Å². The van der Waals surface area contributed by atoms with Crippen LogP contribution >= 0.6 is 0 Å². The van der Waals surface area contributed by atoms with Crippen molar-refractivity contribution in [2.45, 2.75) is 49.8 Å². The van der Waals surface area contributed by atoms with Gasteiger partial charge in [-0.2, -0.15) is 0 Å². The molecule has 1 amide bonds. The van der Waals surface area contributed by atoms with Crippen molar-refractivity contribution in [1.29, 1.82) is 0 Å². The zero-order valence-corrected chi connectivity index (χ0v) is 24.1. The van der Waals surface area contributed by atoms with Crippen molar-refractivity contribution >= 4 is 40.4 Å². The quantitative estimate of drug-likeness (QED) is 0.131. The molecule has 4 atom stereocenters. The second-order valence-electron chi connectivity index (χ2n) is 12.1. The van der Waals surface area contributed by atoms with Crippen LogP contribution in [-0.2, 0) is 20.8 Å². The summed E-state index contributed by atoms with van der Waals surface area (Å²) in [5.41, 5.74) is 9.01. The molecule has 0 aliphatic heterocycles. The van der Waals surface area contributed by atoms with Gasteiger partial charge in [0.05, 0.1) is 18.2 Å². The molecule has 5 rings (SSSR count). The number of amides is 1. The van der Waals surface area contributed by atoms with Gasteiger partial charge < -0.3 is 42.1 Å². The van der Waals surface area contributed by atoms with Gasteiger partial charge in [0.15, 0.2) is 17.1 Å². The Balaban J connectivity index is 1.66. The lowest BCUT2D eigenvalue weighted by Crippen LogP contribution is -2.65. The van der Waals surface area contributed by atoms with Crippen molar-refractivity contribution in [3.63, 3.8) is 0 Å². The van der Waals surface area contributed by atoms with Crippen LogP contribution in [0, 0.1) is 11.8 Å². The number of hydrogen-bond donors (Lipinski definition) is 7. The maximum atomic E-state index is 14.1. The fourth-order valence-electron chi connectivity index (χ4n) is 6.82. The van der Waals surface area contributed by atoms with Crippen LogP contribution in [-0.4, -0.2) is 101 Å². The number of Topliss-reactive ketones (excluding diaryl/α,β-unsaturated/α-hetero) is 2. The largest absolute Gasteiger partial charge is 0.508 e. The first-order valence-electron chi connectivity index (χ1n) is 14.0. The number of nitrogens with two attached hydrogens (primary N) is 2. The number of primary amides is 1. The van der Waals surface area contributed by atoms with Gasteiger partial charge in [0.25, 0.3) is 5.91 Å². The minimum atomic E-state index is -2.70. The first kappa shape index (κ1) is 29.5. The molecular weight excluding hydrogens is 544 g/mol. The maximum absolute atomic E-state index is 14.1. The standard InChI is InChI=1S/C29H38N6O7/c1-34(2)17-10-16(33-18(30)11-32-13-6-5-7-13)23(36)20-14(17)8-12-9-15-22(35(3)4)25(38)21(28(31)41)27(40)29(15,42)26(39)19(12)24(20)37/h10,12-13,15,22,32,36-37,40,42H,5-9,11H2,1-4H3,(H2,30,33)(H2,31,41)/t12?,15?,22-,29-/m0/s1. The van der Waals surface area contributed by atoms with E-state index in [-0.39, 0.29) is 35.5 Å². The molecule has 1 aromatic carbocycles. The molecule has 9 N–H and O–H groups in total. The zero-order chi connectivity index (χ0) is 30.8. The van der Waals surface area contributed by atoms with Gasteiger partial charge in [-0.15, -0.1) is 0 Å². The summed E-state index contributed by atoms with van der Waals surface area (Å²) in [7, 11) is 6.70. The number of aliphatic hydroxyl groups is 3. The van der Waals surface area contributed by atoms with E-state index in [9.17, 15) is 34.8 Å². The Morgan fingerprint density at radius 3 is 2.36 bits per heavy atom. The van der Waals surface area contributed by atoms with E-state index in [1.165, 1.54) is 4.90 Å². The smallest absolute Gasteiger partial charge is 0.255 e. The molecule has 1 aromatic rings. The average Bonchev–Trinajstić information content (AvgIpc) is 2.86. The third-order valence-corrected chi connectivity index (χ3v) is 9.10. The Bertz CT molecular complexity index is 1470. The molecule has 0 bridgehead atoms. The van der Waals surface area contributed by atoms with Gasteiger partial charge in [-0.1, -0.05) is 6.42 Å². The number of aromatic hydroxyl groups is 1. The molecule has 4 aliphatic rings. The highest BCUT2D eigenvalue weighted by Gasteiger charge is 2.64. The summed E-state index contributed by atoms with van der Waals surface area (Å²) in [5, 5.41) is 49.0. The second kappa shape index (κ2) is 10.4. The third-order valence-electron chi connectivity index (χ3n) is 9.10. The number of nitrogens with one attached hydrogen (secondary N) is 1. The van der Waals surface area contributed by atoms with E-state index in [1.807, 2.05) is 0 Å². The number of rotatable bonds is 7. The number of phenolic OH excluding ortho intramolecular Hbond substituents is 1. The lowest BCUT2D eigenvalue weighted by Gasteiger charge is -2.50. The highest BCUT2D eigenvalue weighted by atomic mass is 16.3. The second-order valence-corrected chi connectivity index (χ2v) is 12.1. The normalized spacial score (nSPS) is 28.0. The number of amidine groups is 1. The van der Waals surface area contributed by atoms with Crippen molar-refractivity contribution in [3.8, 4) is 5.75 Å². The predicted molar refractivity (Wildman–Crippen MR) is 155 cm³/mol. The van der Waals surface area contributed by atoms with Crippen LogP contribution in [0.2, 0.25) is 0 Å². The molecule has 2 fully saturated rings. The number of phenols is 1. The van der Waals surface area contributed by atoms with Gasteiger partial charge in [-0.3, -0.25) is 19.3 Å². The molecule has 0 heterocycles. The van der Waals surface area contributed by atoms with Gasteiger partial charge in [-0.05, 0) is 57.3 Å². The molecule has 2 saturated carbocycles. The summed E-state index contributed by atoms with van der Waals surface area (Å²) in [6, 6.07) is 0.885. The van der Waals surface area contributed by atoms with Gasteiger partial charge in [0.2, 0.25) is 5.78 Å². The summed E-state index contributed by atoms with van der Waals surface area (Å²) in [4.78, 5) is 47.2. The monoisotopic (exact) mass is 582 g/mol. The van der Waals surface area contributed by atoms with Crippen LogP contribution in [0.3, 0.4) is 0 Å². The van der Waals surface area contributed by atoms with Crippen molar-refractivity contribution in [2.24, 2.45) is 28.3 Å². The van der Waals surface area contributed by atoms with Crippen LogP contribution in [0.25, 0.3) is 5.76 Å². The molecule has 0 saturated heterocycles. The van der Waals surface area contributed by atoms with Crippen LogP contribution in [0.15, 0.2) is 28.0 Å². The van der Waals surface area contributed by atoms with E-state index in [4.69, 9.17) is 11.5 Å². The van der Waals surface area contributed by atoms with E-state index in [0.717, 1.165) is 19.3 Å². The predicted octanol–water partition coefficient (Wildman–Crippen LogP) is 0.161. The highest BCUT2D eigenvalue weighted by molar-refractivity contribution is 6.24. The lowest BCUT2D eigenvalue weighted by molar-refractivity contribution is -0.153. The summed E-state index contributed by atoms with van der Waals surface area (Å²) in [6.45, 7) is 0.306. The molecule has 13 heteroatoms. The van der Waals surface area contributed by atoms with E-state index in [2.05, 4.69) is 10.3 Å². The zero-order valence-electron chi connectivity index (χ0n) is 24.1. The first-order chi connectivity index (χ1) is 19.7. The van der Waals surface area contributed by atoms with Crippen molar-refractivity contribution in [2.75, 3.05) is 39.6 Å². The van der Waals surface area contributed by atoms with Crippen LogP contribution in [0.1, 0.15) is 36.8 Å². The summed E-state index contributed by atoms with van der Waals surface area (Å²) >= 11 is 0.